The third-order valence-electron chi connectivity index (χ3n) is 14.7. The number of amides is 5. The number of hydrogen-bond donors (Lipinski definition) is 6. The first-order valence-electron chi connectivity index (χ1n) is 20.6. The summed E-state index contributed by atoms with van der Waals surface area (Å²) in [4.78, 5) is 80.8. The van der Waals surface area contributed by atoms with E-state index >= 15 is 4.79 Å². The maximum absolute atomic E-state index is 15.1. The van der Waals surface area contributed by atoms with Crippen molar-refractivity contribution in [3.8, 4) is 0 Å². The minimum absolute atomic E-state index is 0.0559. The average Bonchev–Trinajstić information content (AvgIpc) is 3.52. The van der Waals surface area contributed by atoms with E-state index < -0.39 is 68.1 Å². The number of nitrogens with zero attached hydrogens (tertiary/aromatic N) is 3. The third kappa shape index (κ3) is 6.80. The van der Waals surface area contributed by atoms with Gasteiger partial charge in [-0.1, -0.05) is 20.8 Å². The SMILES string of the molecule is C=C[C@@H]1C[C@]1(NC(=O)[C@@H]1C[C@@]2(CN1C(=O)[C@@H](NC(=O)[C@@H](NC(=O)[C@@H]1Cc3nc[nH]c3CN1)C(C)(C)C)C(C)(C)C)C(C)(C)C21CCC1)C(=O)[NH][Sn][N]1CCCC1. The fourth-order valence-electron chi connectivity index (χ4n) is 10.8. The van der Waals surface area contributed by atoms with Crippen molar-refractivity contribution in [3.05, 3.63) is 30.4 Å². The summed E-state index contributed by atoms with van der Waals surface area (Å²) >= 11 is -1.33. The summed E-state index contributed by atoms with van der Waals surface area (Å²) in [5.74, 6) is -1.75. The number of hydrogen-bond acceptors (Lipinski definition) is 8. The maximum atomic E-state index is 15.1. The molecule has 2 radical (unpaired) electrons. The van der Waals surface area contributed by atoms with Gasteiger partial charge in [-0.3, -0.25) is 10.1 Å². The molecule has 7 atom stereocenters. The van der Waals surface area contributed by atoms with Crippen LogP contribution in [0.1, 0.15) is 112 Å². The predicted molar refractivity (Wildman–Crippen MR) is 212 cm³/mol. The Kier molecular flexibility index (Phi) is 10.6. The second-order valence-electron chi connectivity index (χ2n) is 20.2. The number of carbonyl (C=O) groups is 5. The van der Waals surface area contributed by atoms with Crippen LogP contribution in [0.25, 0.3) is 0 Å². The average molecular weight is 881 g/mol. The van der Waals surface area contributed by atoms with Crippen molar-refractivity contribution in [2.75, 3.05) is 19.6 Å². The zero-order valence-electron chi connectivity index (χ0n) is 34.6. The molecular weight excluding hydrogens is 817 g/mol. The number of carbonyl (C=O) groups excluding carboxylic acids is 5. The van der Waals surface area contributed by atoms with E-state index in [1.165, 1.54) is 0 Å². The standard InChI is InChI=1S/C37H56N8O5.C4H8N.Sn/c1-10-20-15-37(20,31(38)50)44-28(47)24-16-36(34(8,9)35(36)12-11-13-35)18-45(24)30(49)26(33(5,6)7)43-29(48)25(32(2,3)4)42-27(46)22-14-21-23(17-39-22)41-19-40-21;1-2-4-5-3-1;/h10,19-20,22,24-26,39H,1,11-18H2,2-9H3,(H6,38,40,41,42,43,44,46,47,48,50);1-4H2;/q;-1;+2/p-1/t20-,22+,24+,25-,26-,36-,37-;;/m1../s1. The monoisotopic (exact) mass is 881 g/mol. The van der Waals surface area contributed by atoms with Gasteiger partial charge in [-0.2, -0.15) is 0 Å². The summed E-state index contributed by atoms with van der Waals surface area (Å²) in [5, 5.41) is 12.5. The van der Waals surface area contributed by atoms with E-state index in [-0.39, 0.29) is 45.8 Å². The normalized spacial score (nSPS) is 31.1. The van der Waals surface area contributed by atoms with Crippen LogP contribution < -0.4 is 24.8 Å². The Morgan fingerprint density at radius 2 is 1.62 bits per heavy atom. The molecule has 14 nitrogen and oxygen atoms in total. The molecule has 6 aliphatic rings. The van der Waals surface area contributed by atoms with Gasteiger partial charge in [0.2, 0.25) is 5.91 Å². The molecule has 6 N–H and O–H groups in total. The molecule has 5 fully saturated rings. The number of rotatable bonds is 11. The molecule has 3 aliphatic heterocycles. The number of H-pyrrole nitrogens is 1. The summed E-state index contributed by atoms with van der Waals surface area (Å²) in [6.07, 6.45) is 10.3. The second kappa shape index (κ2) is 14.4. The molecule has 2 saturated heterocycles. The van der Waals surface area contributed by atoms with E-state index in [1.54, 1.807) is 17.3 Å². The third-order valence-corrected chi connectivity index (χ3v) is 17.9. The van der Waals surface area contributed by atoms with Crippen LogP contribution in [0.3, 0.4) is 0 Å². The van der Waals surface area contributed by atoms with Crippen LogP contribution in [0.4, 0.5) is 0 Å². The quantitative estimate of drug-likeness (QED) is 0.145. The van der Waals surface area contributed by atoms with Crippen LogP contribution in [-0.4, -0.2) is 119 Å². The van der Waals surface area contributed by atoms with Crippen LogP contribution in [0.15, 0.2) is 19.0 Å². The van der Waals surface area contributed by atoms with Crippen LogP contribution >= 0.6 is 0 Å². The molecule has 1 aromatic heterocycles. The molecule has 7 rings (SSSR count). The van der Waals surface area contributed by atoms with Crippen molar-refractivity contribution >= 4 is 51.2 Å². The van der Waals surface area contributed by atoms with E-state index in [1.807, 2.05) is 41.5 Å². The molecule has 56 heavy (non-hydrogen) atoms. The Morgan fingerprint density at radius 1 is 0.946 bits per heavy atom. The Morgan fingerprint density at radius 3 is 2.20 bits per heavy atom. The van der Waals surface area contributed by atoms with Crippen LogP contribution in [0.5, 0.6) is 0 Å². The number of aromatic amines is 1. The van der Waals surface area contributed by atoms with Gasteiger partial charge in [-0.15, -0.1) is 0 Å². The van der Waals surface area contributed by atoms with Gasteiger partial charge in [0.05, 0.1) is 23.8 Å². The van der Waals surface area contributed by atoms with Gasteiger partial charge in [0.25, 0.3) is 0 Å². The molecular formula is C41H63N9O5Sn. The molecule has 1 aromatic rings. The molecule has 15 heteroatoms. The first-order chi connectivity index (χ1) is 26.2. The molecule has 5 amide bonds. The predicted octanol–water partition coefficient (Wildman–Crippen LogP) is 2.09. The minimum atomic E-state index is -1.33. The van der Waals surface area contributed by atoms with Gasteiger partial charge in [-0.05, 0) is 5.41 Å². The summed E-state index contributed by atoms with van der Waals surface area (Å²) in [6, 6.07) is -3.31. The molecule has 4 heterocycles. The van der Waals surface area contributed by atoms with Gasteiger partial charge in [0, 0.05) is 13.0 Å². The number of aromatic nitrogens is 2. The fraction of sp³-hybridized carbons (Fsp3) is 0.756. The number of imidazole rings is 1. The van der Waals surface area contributed by atoms with Crippen molar-refractivity contribution in [2.24, 2.45) is 33.0 Å². The van der Waals surface area contributed by atoms with Gasteiger partial charge in [0.1, 0.15) is 0 Å². The van der Waals surface area contributed by atoms with Gasteiger partial charge in [0.15, 0.2) is 0 Å². The van der Waals surface area contributed by atoms with Crippen molar-refractivity contribution in [1.29, 1.82) is 0 Å². The Balaban J connectivity index is 1.12. The van der Waals surface area contributed by atoms with Gasteiger partial charge >= 0.3 is 250 Å². The molecule has 2 spiro atoms. The van der Waals surface area contributed by atoms with E-state index in [2.05, 4.69) is 58.3 Å². The molecule has 306 valence electrons. The van der Waals surface area contributed by atoms with Gasteiger partial charge < -0.3 is 10.3 Å². The summed E-state index contributed by atoms with van der Waals surface area (Å²) < 4.78 is 5.61. The first kappa shape index (κ1) is 41.2. The number of fused-ring (bicyclic) bond motifs is 2. The molecule has 0 aromatic carbocycles. The Bertz CT molecular complexity index is 1770. The van der Waals surface area contributed by atoms with Crippen molar-refractivity contribution in [3.63, 3.8) is 0 Å². The summed E-state index contributed by atoms with van der Waals surface area (Å²) in [7, 11) is 0. The number of nitrogens with one attached hydrogen (secondary N) is 6. The van der Waals surface area contributed by atoms with Crippen molar-refractivity contribution in [2.45, 2.75) is 143 Å². The summed E-state index contributed by atoms with van der Waals surface area (Å²) in [6.45, 7) is 22.8. The Hall–Kier alpha value is -2.98. The van der Waals surface area contributed by atoms with Crippen molar-refractivity contribution < 1.29 is 24.0 Å². The molecule has 0 bridgehead atoms. The molecule has 3 saturated carbocycles. The fourth-order valence-corrected chi connectivity index (χ4v) is 13.7. The van der Waals surface area contributed by atoms with Crippen LogP contribution in [0.2, 0.25) is 0 Å². The summed E-state index contributed by atoms with van der Waals surface area (Å²) in [5.41, 5.74) is -0.997. The van der Waals surface area contributed by atoms with Crippen LogP contribution in [-0.2, 0) is 36.9 Å². The van der Waals surface area contributed by atoms with Crippen LogP contribution in [0, 0.1) is 33.0 Å². The molecule has 3 aliphatic carbocycles. The number of likely N-dealkylation sites (tertiary alicyclic amines) is 1. The zero-order chi connectivity index (χ0) is 40.6. The zero-order valence-corrected chi connectivity index (χ0v) is 37.5. The topological polar surface area (TPSA) is 181 Å². The van der Waals surface area contributed by atoms with Gasteiger partial charge in [-0.25, -0.2) is 4.98 Å². The van der Waals surface area contributed by atoms with E-state index in [0.29, 0.717) is 32.4 Å². The molecule has 0 unspecified atom stereocenters. The van der Waals surface area contributed by atoms with Crippen molar-refractivity contribution in [1.82, 2.24) is 42.8 Å². The second-order valence-corrected chi connectivity index (χ2v) is 23.3. The van der Waals surface area contributed by atoms with E-state index in [0.717, 1.165) is 56.6 Å². The van der Waals surface area contributed by atoms with E-state index in [9.17, 15) is 19.2 Å². The van der Waals surface area contributed by atoms with E-state index in [4.69, 9.17) is 0 Å². The Labute approximate surface area is 342 Å². The first-order valence-corrected chi connectivity index (χ1v) is 23.3.